The maximum Gasteiger partial charge on any atom is 0.261 e. The summed E-state index contributed by atoms with van der Waals surface area (Å²) in [7, 11) is 1.94. The molecule has 2 aromatic rings. The van der Waals surface area contributed by atoms with E-state index in [9.17, 15) is 4.79 Å². The second-order valence-corrected chi connectivity index (χ2v) is 5.90. The van der Waals surface area contributed by atoms with Crippen molar-refractivity contribution >= 4 is 18.3 Å². The zero-order chi connectivity index (χ0) is 17.6. The summed E-state index contributed by atoms with van der Waals surface area (Å²) in [5, 5.41) is 3.33. The number of nitrogens with one attached hydrogen (secondary N) is 1. The molecule has 0 bridgehead atoms. The lowest BCUT2D eigenvalue weighted by molar-refractivity contribution is -0.137. The van der Waals surface area contributed by atoms with Crippen LogP contribution in [0, 0.1) is 0 Å². The lowest BCUT2D eigenvalue weighted by Crippen LogP contribution is -2.50. The van der Waals surface area contributed by atoms with Gasteiger partial charge >= 0.3 is 0 Å². The largest absolute Gasteiger partial charge is 0.494 e. The number of carbonyl (C=O) groups is 1. The van der Waals surface area contributed by atoms with E-state index in [0.717, 1.165) is 18.1 Å². The van der Waals surface area contributed by atoms with Gasteiger partial charge in [-0.15, -0.1) is 12.4 Å². The number of rotatable bonds is 6. The Morgan fingerprint density at radius 1 is 1.27 bits per heavy atom. The van der Waals surface area contributed by atoms with Gasteiger partial charge in [0.05, 0.1) is 6.61 Å². The van der Waals surface area contributed by atoms with Crippen LogP contribution in [-0.4, -0.2) is 53.2 Å². The smallest absolute Gasteiger partial charge is 0.261 e. The number of hydrogen-bond donors (Lipinski definition) is 1. The maximum absolute atomic E-state index is 12.7. The Morgan fingerprint density at radius 2 is 1.96 bits per heavy atom. The maximum atomic E-state index is 12.7. The van der Waals surface area contributed by atoms with Crippen LogP contribution in [0.5, 0.6) is 11.5 Å². The molecular formula is C18H25ClN4O3. The first-order valence-corrected chi connectivity index (χ1v) is 8.52. The minimum absolute atomic E-state index is 0. The topological polar surface area (TPSA) is 68.6 Å². The van der Waals surface area contributed by atoms with Gasteiger partial charge in [-0.25, -0.2) is 4.98 Å². The second kappa shape index (κ2) is 9.45. The molecule has 3 rings (SSSR count). The molecule has 1 unspecified atom stereocenters. The molecule has 0 aliphatic carbocycles. The fraction of sp³-hybridized carbons (Fsp3) is 0.444. The normalized spacial score (nSPS) is 16.7. The van der Waals surface area contributed by atoms with Gasteiger partial charge in [0.2, 0.25) is 0 Å². The van der Waals surface area contributed by atoms with Crippen molar-refractivity contribution in [1.29, 1.82) is 0 Å². The molecule has 0 spiro atoms. The molecule has 8 heteroatoms. The first-order valence-electron chi connectivity index (χ1n) is 8.52. The van der Waals surface area contributed by atoms with Crippen LogP contribution in [0.25, 0.3) is 0 Å². The van der Waals surface area contributed by atoms with E-state index in [4.69, 9.17) is 9.47 Å². The number of aryl methyl sites for hydroxylation is 1. The first kappa shape index (κ1) is 20.1. The number of hydrogen-bond acceptors (Lipinski definition) is 5. The number of carbonyl (C=O) groups excluding carboxylic acids is 1. The molecule has 1 aromatic carbocycles. The molecule has 2 heterocycles. The highest BCUT2D eigenvalue weighted by atomic mass is 35.5. The van der Waals surface area contributed by atoms with Crippen molar-refractivity contribution in [3.05, 3.63) is 42.5 Å². The highest BCUT2D eigenvalue weighted by Gasteiger charge is 2.30. The predicted molar refractivity (Wildman–Crippen MR) is 101 cm³/mol. The molecule has 1 atom stereocenters. The monoisotopic (exact) mass is 380 g/mol. The van der Waals surface area contributed by atoms with Gasteiger partial charge in [-0.3, -0.25) is 4.79 Å². The number of amides is 1. The average molecular weight is 381 g/mol. The van der Waals surface area contributed by atoms with E-state index < -0.39 is 0 Å². The van der Waals surface area contributed by atoms with Gasteiger partial charge in [0, 0.05) is 39.1 Å². The number of imidazole rings is 1. The van der Waals surface area contributed by atoms with E-state index in [1.807, 2.05) is 53.9 Å². The van der Waals surface area contributed by atoms with Crippen LogP contribution in [0.1, 0.15) is 18.8 Å². The van der Waals surface area contributed by atoms with Crippen molar-refractivity contribution in [2.24, 2.45) is 7.05 Å². The van der Waals surface area contributed by atoms with Crippen molar-refractivity contribution in [1.82, 2.24) is 19.8 Å². The summed E-state index contributed by atoms with van der Waals surface area (Å²) in [4.78, 5) is 18.9. The van der Waals surface area contributed by atoms with Crippen LogP contribution < -0.4 is 14.8 Å². The Kier molecular flexibility index (Phi) is 7.29. The summed E-state index contributed by atoms with van der Waals surface area (Å²) in [5.74, 6) is 2.28. The minimum Gasteiger partial charge on any atom is -0.494 e. The zero-order valence-corrected chi connectivity index (χ0v) is 15.9. The number of halogens is 1. The molecule has 0 radical (unpaired) electrons. The number of nitrogens with zero attached hydrogens (tertiary/aromatic N) is 3. The fourth-order valence-corrected chi connectivity index (χ4v) is 2.96. The van der Waals surface area contributed by atoms with Crippen molar-refractivity contribution in [2.45, 2.75) is 13.0 Å². The molecule has 0 saturated carbocycles. The van der Waals surface area contributed by atoms with Crippen LogP contribution in [0.3, 0.4) is 0 Å². The standard InChI is InChI=1S/C18H24N4O3.ClH/c1-3-24-14-4-6-15(7-5-14)25-13-17(23)22-11-8-19-12-16(22)18-20-9-10-21(18)2;/h4-7,9-10,16,19H,3,8,11-13H2,1-2H3;1H. The fourth-order valence-electron chi connectivity index (χ4n) is 2.96. The summed E-state index contributed by atoms with van der Waals surface area (Å²) in [5.41, 5.74) is 0. The Bertz CT molecular complexity index is 705. The highest BCUT2D eigenvalue weighted by Crippen LogP contribution is 2.21. The highest BCUT2D eigenvalue weighted by molar-refractivity contribution is 5.85. The second-order valence-electron chi connectivity index (χ2n) is 5.90. The lowest BCUT2D eigenvalue weighted by Gasteiger charge is -2.35. The summed E-state index contributed by atoms with van der Waals surface area (Å²) in [6.45, 7) is 4.68. The van der Waals surface area contributed by atoms with Crippen LogP contribution in [-0.2, 0) is 11.8 Å². The van der Waals surface area contributed by atoms with E-state index in [1.54, 1.807) is 6.20 Å². The zero-order valence-electron chi connectivity index (χ0n) is 15.1. The number of benzene rings is 1. The summed E-state index contributed by atoms with van der Waals surface area (Å²) < 4.78 is 13.0. The Morgan fingerprint density at radius 3 is 2.58 bits per heavy atom. The Labute approximate surface area is 159 Å². The summed E-state index contributed by atoms with van der Waals surface area (Å²) in [6.07, 6.45) is 3.64. The molecular weight excluding hydrogens is 356 g/mol. The van der Waals surface area contributed by atoms with Crippen LogP contribution >= 0.6 is 12.4 Å². The SMILES string of the molecule is CCOc1ccc(OCC(=O)N2CCNCC2c2nccn2C)cc1.Cl. The molecule has 1 fully saturated rings. The van der Waals surface area contributed by atoms with Gasteiger partial charge in [-0.2, -0.15) is 0 Å². The Hall–Kier alpha value is -2.25. The molecule has 142 valence electrons. The average Bonchev–Trinajstić information content (AvgIpc) is 3.07. The van der Waals surface area contributed by atoms with Gasteiger partial charge in [0.1, 0.15) is 23.4 Å². The molecule has 1 N–H and O–H groups in total. The molecule has 1 aromatic heterocycles. The summed E-state index contributed by atoms with van der Waals surface area (Å²) in [6, 6.07) is 7.22. The summed E-state index contributed by atoms with van der Waals surface area (Å²) >= 11 is 0. The lowest BCUT2D eigenvalue weighted by atomic mass is 10.1. The van der Waals surface area contributed by atoms with Crippen molar-refractivity contribution in [3.8, 4) is 11.5 Å². The van der Waals surface area contributed by atoms with E-state index in [0.29, 0.717) is 25.4 Å². The third kappa shape index (κ3) is 4.68. The van der Waals surface area contributed by atoms with E-state index in [2.05, 4.69) is 10.3 Å². The van der Waals surface area contributed by atoms with E-state index >= 15 is 0 Å². The molecule has 1 saturated heterocycles. The van der Waals surface area contributed by atoms with Crippen molar-refractivity contribution < 1.29 is 14.3 Å². The quantitative estimate of drug-likeness (QED) is 0.827. The molecule has 1 aliphatic heterocycles. The predicted octanol–water partition coefficient (Wildman–Crippen LogP) is 1.79. The van der Waals surface area contributed by atoms with Crippen LogP contribution in [0.4, 0.5) is 0 Å². The Balaban J connectivity index is 0.00000243. The van der Waals surface area contributed by atoms with Crippen molar-refractivity contribution in [3.63, 3.8) is 0 Å². The molecule has 7 nitrogen and oxygen atoms in total. The molecule has 1 aliphatic rings. The minimum atomic E-state index is -0.0785. The van der Waals surface area contributed by atoms with Gasteiger partial charge in [-0.05, 0) is 31.2 Å². The number of ether oxygens (including phenoxy) is 2. The molecule has 26 heavy (non-hydrogen) atoms. The van der Waals surface area contributed by atoms with Gasteiger partial charge in [0.15, 0.2) is 6.61 Å². The molecule has 1 amide bonds. The van der Waals surface area contributed by atoms with E-state index in [1.165, 1.54) is 0 Å². The third-order valence-electron chi connectivity index (χ3n) is 4.22. The van der Waals surface area contributed by atoms with Gasteiger partial charge in [-0.1, -0.05) is 0 Å². The van der Waals surface area contributed by atoms with E-state index in [-0.39, 0.29) is 31.0 Å². The van der Waals surface area contributed by atoms with Gasteiger partial charge in [0.25, 0.3) is 5.91 Å². The van der Waals surface area contributed by atoms with Crippen molar-refractivity contribution in [2.75, 3.05) is 32.8 Å². The first-order chi connectivity index (χ1) is 12.2. The van der Waals surface area contributed by atoms with Crippen LogP contribution in [0.15, 0.2) is 36.7 Å². The van der Waals surface area contributed by atoms with Crippen LogP contribution in [0.2, 0.25) is 0 Å². The third-order valence-corrected chi connectivity index (χ3v) is 4.22. The number of aromatic nitrogens is 2. The number of piperazine rings is 1. The van der Waals surface area contributed by atoms with Gasteiger partial charge < -0.3 is 24.3 Å².